The zero-order valence-corrected chi connectivity index (χ0v) is 10.6. The van der Waals surface area contributed by atoms with E-state index in [2.05, 4.69) is 46.3 Å². The Labute approximate surface area is 104 Å². The van der Waals surface area contributed by atoms with E-state index >= 15 is 0 Å². The normalized spacial score (nSPS) is 10.3. The Balaban J connectivity index is 2.08. The minimum absolute atomic E-state index is 0.874. The van der Waals surface area contributed by atoms with E-state index in [0.717, 1.165) is 23.0 Å². The molecule has 0 radical (unpaired) electrons. The molecule has 0 aliphatic rings. The van der Waals surface area contributed by atoms with Crippen LogP contribution >= 0.6 is 15.9 Å². The summed E-state index contributed by atoms with van der Waals surface area (Å²) in [6, 6.07) is 16.5. The number of rotatable bonds is 3. The van der Waals surface area contributed by atoms with Crippen molar-refractivity contribution in [1.29, 1.82) is 0 Å². The SMILES string of the molecule is Nc1ccc(Br)cc1CCc1ccccc1. The summed E-state index contributed by atoms with van der Waals surface area (Å²) in [7, 11) is 0. The number of benzene rings is 2. The Morgan fingerprint density at radius 1 is 0.938 bits per heavy atom. The molecule has 2 aromatic rings. The van der Waals surface area contributed by atoms with Crippen LogP contribution in [-0.2, 0) is 12.8 Å². The maximum atomic E-state index is 5.93. The summed E-state index contributed by atoms with van der Waals surface area (Å²) in [4.78, 5) is 0. The lowest BCUT2D eigenvalue weighted by Crippen LogP contribution is -1.97. The summed E-state index contributed by atoms with van der Waals surface area (Å²) < 4.78 is 1.09. The molecule has 2 aromatic carbocycles. The molecule has 0 amide bonds. The van der Waals surface area contributed by atoms with Gasteiger partial charge in [0.1, 0.15) is 0 Å². The Morgan fingerprint density at radius 2 is 1.69 bits per heavy atom. The first kappa shape index (κ1) is 11.2. The van der Waals surface area contributed by atoms with Gasteiger partial charge in [-0.1, -0.05) is 46.3 Å². The molecule has 0 fully saturated rings. The lowest BCUT2D eigenvalue weighted by Gasteiger charge is -2.06. The fourth-order valence-corrected chi connectivity index (χ4v) is 2.12. The van der Waals surface area contributed by atoms with E-state index in [1.807, 2.05) is 18.2 Å². The minimum Gasteiger partial charge on any atom is -0.399 e. The maximum absolute atomic E-state index is 5.93. The molecule has 1 nitrogen and oxygen atoms in total. The van der Waals surface area contributed by atoms with Gasteiger partial charge >= 0.3 is 0 Å². The highest BCUT2D eigenvalue weighted by Crippen LogP contribution is 2.20. The van der Waals surface area contributed by atoms with Gasteiger partial charge in [0.05, 0.1) is 0 Å². The highest BCUT2D eigenvalue weighted by Gasteiger charge is 2.00. The summed E-state index contributed by atoms with van der Waals surface area (Å²) in [5.41, 5.74) is 9.36. The topological polar surface area (TPSA) is 26.0 Å². The van der Waals surface area contributed by atoms with Gasteiger partial charge in [0.15, 0.2) is 0 Å². The summed E-state index contributed by atoms with van der Waals surface area (Å²) >= 11 is 3.47. The fourth-order valence-electron chi connectivity index (χ4n) is 1.71. The third-order valence-corrected chi connectivity index (χ3v) is 3.12. The molecule has 0 saturated carbocycles. The van der Waals surface area contributed by atoms with Crippen LogP contribution in [0.2, 0.25) is 0 Å². The molecule has 0 saturated heterocycles. The second kappa shape index (κ2) is 5.17. The van der Waals surface area contributed by atoms with Crippen molar-refractivity contribution in [1.82, 2.24) is 0 Å². The second-order valence-corrected chi connectivity index (χ2v) is 4.74. The predicted octanol–water partition coefficient (Wildman–Crippen LogP) is 3.82. The highest BCUT2D eigenvalue weighted by molar-refractivity contribution is 9.10. The molecule has 0 spiro atoms. The molecule has 0 aromatic heterocycles. The van der Waals surface area contributed by atoms with Gasteiger partial charge in [-0.05, 0) is 42.2 Å². The van der Waals surface area contributed by atoms with E-state index < -0.39 is 0 Å². The van der Waals surface area contributed by atoms with E-state index in [9.17, 15) is 0 Å². The number of nitrogen functional groups attached to an aromatic ring is 1. The standard InChI is InChI=1S/C14H14BrN/c15-13-8-9-14(16)12(10-13)7-6-11-4-2-1-3-5-11/h1-5,8-10H,6-7,16H2. The average molecular weight is 276 g/mol. The van der Waals surface area contributed by atoms with Crippen molar-refractivity contribution in [2.45, 2.75) is 12.8 Å². The van der Waals surface area contributed by atoms with Gasteiger partial charge in [-0.15, -0.1) is 0 Å². The van der Waals surface area contributed by atoms with Gasteiger partial charge in [-0.2, -0.15) is 0 Å². The van der Waals surface area contributed by atoms with Crippen molar-refractivity contribution in [3.8, 4) is 0 Å². The van der Waals surface area contributed by atoms with Crippen LogP contribution in [-0.4, -0.2) is 0 Å². The van der Waals surface area contributed by atoms with Crippen molar-refractivity contribution >= 4 is 21.6 Å². The Bertz CT molecular complexity index is 465. The van der Waals surface area contributed by atoms with Crippen molar-refractivity contribution in [3.05, 3.63) is 64.1 Å². The molecule has 2 N–H and O–H groups in total. The van der Waals surface area contributed by atoms with E-state index in [-0.39, 0.29) is 0 Å². The number of hydrogen-bond donors (Lipinski definition) is 1. The van der Waals surface area contributed by atoms with Crippen LogP contribution in [0.1, 0.15) is 11.1 Å². The van der Waals surface area contributed by atoms with Crippen LogP contribution in [0.15, 0.2) is 53.0 Å². The average Bonchev–Trinajstić information content (AvgIpc) is 2.32. The summed E-state index contributed by atoms with van der Waals surface area (Å²) in [5.74, 6) is 0. The molecule has 82 valence electrons. The summed E-state index contributed by atoms with van der Waals surface area (Å²) in [6.45, 7) is 0. The monoisotopic (exact) mass is 275 g/mol. The van der Waals surface area contributed by atoms with Gasteiger partial charge in [-0.25, -0.2) is 0 Å². The first-order valence-corrected chi connectivity index (χ1v) is 6.13. The first-order valence-electron chi connectivity index (χ1n) is 5.33. The number of halogens is 1. The fraction of sp³-hybridized carbons (Fsp3) is 0.143. The summed E-state index contributed by atoms with van der Waals surface area (Å²) in [5, 5.41) is 0. The van der Waals surface area contributed by atoms with E-state index in [0.29, 0.717) is 0 Å². The minimum atomic E-state index is 0.874. The molecular weight excluding hydrogens is 262 g/mol. The molecule has 16 heavy (non-hydrogen) atoms. The van der Waals surface area contributed by atoms with E-state index in [1.54, 1.807) is 0 Å². The smallest absolute Gasteiger partial charge is 0.0347 e. The first-order chi connectivity index (χ1) is 7.75. The summed E-state index contributed by atoms with van der Waals surface area (Å²) in [6.07, 6.45) is 2.01. The number of hydrogen-bond acceptors (Lipinski definition) is 1. The highest BCUT2D eigenvalue weighted by atomic mass is 79.9. The molecule has 0 unspecified atom stereocenters. The van der Waals surface area contributed by atoms with Crippen LogP contribution in [0.5, 0.6) is 0 Å². The Morgan fingerprint density at radius 3 is 2.44 bits per heavy atom. The molecule has 0 bridgehead atoms. The second-order valence-electron chi connectivity index (χ2n) is 3.83. The zero-order chi connectivity index (χ0) is 11.4. The lowest BCUT2D eigenvalue weighted by atomic mass is 10.0. The van der Waals surface area contributed by atoms with Crippen molar-refractivity contribution in [3.63, 3.8) is 0 Å². The molecule has 0 aliphatic heterocycles. The van der Waals surface area contributed by atoms with Crippen LogP contribution in [0.4, 0.5) is 5.69 Å². The molecule has 0 atom stereocenters. The van der Waals surface area contributed by atoms with Crippen LogP contribution < -0.4 is 5.73 Å². The molecule has 2 rings (SSSR count). The molecule has 0 heterocycles. The van der Waals surface area contributed by atoms with Crippen LogP contribution in [0, 0.1) is 0 Å². The third kappa shape index (κ3) is 2.86. The number of anilines is 1. The Hall–Kier alpha value is -1.28. The quantitative estimate of drug-likeness (QED) is 0.847. The van der Waals surface area contributed by atoms with Crippen molar-refractivity contribution in [2.24, 2.45) is 0 Å². The van der Waals surface area contributed by atoms with Gasteiger partial charge in [0.2, 0.25) is 0 Å². The van der Waals surface area contributed by atoms with Crippen molar-refractivity contribution < 1.29 is 0 Å². The molecular formula is C14H14BrN. The lowest BCUT2D eigenvalue weighted by molar-refractivity contribution is 0.962. The Kier molecular flexibility index (Phi) is 3.62. The van der Waals surface area contributed by atoms with Gasteiger partial charge in [0, 0.05) is 10.2 Å². The van der Waals surface area contributed by atoms with E-state index in [1.165, 1.54) is 11.1 Å². The zero-order valence-electron chi connectivity index (χ0n) is 8.99. The molecule has 2 heteroatoms. The van der Waals surface area contributed by atoms with Crippen LogP contribution in [0.3, 0.4) is 0 Å². The van der Waals surface area contributed by atoms with Gasteiger partial charge in [0.25, 0.3) is 0 Å². The molecule has 0 aliphatic carbocycles. The predicted molar refractivity (Wildman–Crippen MR) is 72.4 cm³/mol. The number of nitrogens with two attached hydrogens (primary N) is 1. The van der Waals surface area contributed by atoms with Crippen LogP contribution in [0.25, 0.3) is 0 Å². The third-order valence-electron chi connectivity index (χ3n) is 2.63. The van der Waals surface area contributed by atoms with Gasteiger partial charge in [-0.3, -0.25) is 0 Å². The van der Waals surface area contributed by atoms with E-state index in [4.69, 9.17) is 5.73 Å². The van der Waals surface area contributed by atoms with Crippen molar-refractivity contribution in [2.75, 3.05) is 5.73 Å². The van der Waals surface area contributed by atoms with Gasteiger partial charge < -0.3 is 5.73 Å². The number of aryl methyl sites for hydroxylation is 2. The maximum Gasteiger partial charge on any atom is 0.0347 e. The largest absolute Gasteiger partial charge is 0.399 e.